The van der Waals surface area contributed by atoms with Crippen molar-refractivity contribution < 1.29 is 19.1 Å². The Morgan fingerprint density at radius 2 is 1.87 bits per heavy atom. The Hall–Kier alpha value is -4.92. The first kappa shape index (κ1) is 26.2. The summed E-state index contributed by atoms with van der Waals surface area (Å²) in [6, 6.07) is 15.7. The largest absolute Gasteiger partial charge is 0.450 e. The van der Waals surface area contributed by atoms with Gasteiger partial charge in [0.15, 0.2) is 12.4 Å². The van der Waals surface area contributed by atoms with E-state index in [1.165, 1.54) is 5.01 Å². The van der Waals surface area contributed by atoms with Crippen LogP contribution in [-0.4, -0.2) is 57.9 Å². The van der Waals surface area contributed by atoms with Crippen LogP contribution in [0.25, 0.3) is 10.9 Å². The van der Waals surface area contributed by atoms with Gasteiger partial charge in [-0.15, -0.1) is 5.10 Å². The van der Waals surface area contributed by atoms with Gasteiger partial charge in [-0.2, -0.15) is 10.4 Å². The lowest BCUT2D eigenvalue weighted by Gasteiger charge is -2.30. The normalized spacial score (nSPS) is 13.8. The Morgan fingerprint density at radius 3 is 2.50 bits per heavy atom. The van der Waals surface area contributed by atoms with Crippen LogP contribution < -0.4 is 16.4 Å². The number of nitrogens with zero attached hydrogens (tertiary/aromatic N) is 5. The maximum absolute atomic E-state index is 13.4. The molecule has 1 aromatic heterocycles. The number of ether oxygens (including phenoxy) is 1. The number of carbonyl (C=O) groups excluding carboxylic acids is 3. The first-order chi connectivity index (χ1) is 18.1. The molecule has 0 aliphatic carbocycles. The minimum Gasteiger partial charge on any atom is -0.450 e. The Labute approximate surface area is 219 Å². The predicted molar refractivity (Wildman–Crippen MR) is 138 cm³/mol. The average Bonchev–Trinajstić information content (AvgIpc) is 3.51. The Balaban J connectivity index is 1.52. The number of aromatic nitrogens is 2. The van der Waals surface area contributed by atoms with Crippen LogP contribution >= 0.6 is 0 Å². The zero-order valence-corrected chi connectivity index (χ0v) is 21.3. The summed E-state index contributed by atoms with van der Waals surface area (Å²) in [5.74, 6) is -1.96. The van der Waals surface area contributed by atoms with Gasteiger partial charge in [0.05, 0.1) is 23.7 Å². The van der Waals surface area contributed by atoms with E-state index < -0.39 is 29.2 Å². The molecule has 0 bridgehead atoms. The molecule has 4 N–H and O–H groups in total. The van der Waals surface area contributed by atoms with E-state index in [1.807, 2.05) is 51.1 Å². The molecule has 12 nitrogen and oxygen atoms in total. The van der Waals surface area contributed by atoms with Gasteiger partial charge in [-0.25, -0.2) is 5.01 Å². The van der Waals surface area contributed by atoms with E-state index in [0.29, 0.717) is 17.5 Å². The Morgan fingerprint density at radius 1 is 1.16 bits per heavy atom. The SMILES string of the molecule is CC(C)(C)[C@H](NC(=O)c1nn(Cc2ccc(C#N)cc2)c2ccccc12)C(=O)NCN1COC(C(N)=O)=N1. The highest BCUT2D eigenvalue weighted by Gasteiger charge is 2.34. The summed E-state index contributed by atoms with van der Waals surface area (Å²) in [5, 5.41) is 25.0. The van der Waals surface area contributed by atoms with Crippen LogP contribution in [0.5, 0.6) is 0 Å². The number of fused-ring (bicyclic) bond motifs is 1. The van der Waals surface area contributed by atoms with Gasteiger partial charge in [0, 0.05) is 5.39 Å². The van der Waals surface area contributed by atoms with Gasteiger partial charge in [-0.05, 0) is 29.2 Å². The number of primary amides is 1. The van der Waals surface area contributed by atoms with Crippen LogP contribution in [0.4, 0.5) is 0 Å². The Bertz CT molecular complexity index is 1450. The molecular weight excluding hydrogens is 488 g/mol. The van der Waals surface area contributed by atoms with Crippen LogP contribution in [0.2, 0.25) is 0 Å². The lowest BCUT2D eigenvalue weighted by molar-refractivity contribution is -0.126. The van der Waals surface area contributed by atoms with Crippen LogP contribution in [-0.2, 0) is 20.9 Å². The number of nitrogens with two attached hydrogens (primary N) is 1. The van der Waals surface area contributed by atoms with Crippen LogP contribution in [0.1, 0.15) is 42.4 Å². The number of hydrogen-bond donors (Lipinski definition) is 3. The first-order valence-electron chi connectivity index (χ1n) is 11.9. The highest BCUT2D eigenvalue weighted by molar-refractivity contribution is 6.34. The second kappa shape index (κ2) is 10.6. The smallest absolute Gasteiger partial charge is 0.305 e. The van der Waals surface area contributed by atoms with Gasteiger partial charge in [0.25, 0.3) is 11.8 Å². The minimum absolute atomic E-state index is 0.0340. The van der Waals surface area contributed by atoms with E-state index in [0.717, 1.165) is 11.1 Å². The third-order valence-electron chi connectivity index (χ3n) is 5.92. The molecule has 3 aromatic rings. The average molecular weight is 517 g/mol. The van der Waals surface area contributed by atoms with Gasteiger partial charge in [-0.3, -0.25) is 19.1 Å². The molecule has 0 spiro atoms. The van der Waals surface area contributed by atoms with E-state index in [2.05, 4.69) is 26.9 Å². The van der Waals surface area contributed by atoms with Crippen LogP contribution in [0, 0.1) is 16.7 Å². The molecule has 2 heterocycles. The van der Waals surface area contributed by atoms with Crippen molar-refractivity contribution in [2.24, 2.45) is 16.3 Å². The molecule has 0 saturated heterocycles. The third-order valence-corrected chi connectivity index (χ3v) is 5.92. The number of carbonyl (C=O) groups is 3. The summed E-state index contributed by atoms with van der Waals surface area (Å²) in [7, 11) is 0. The molecule has 1 aliphatic heterocycles. The number of nitrogens with one attached hydrogen (secondary N) is 2. The van der Waals surface area contributed by atoms with Crippen molar-refractivity contribution in [3.05, 3.63) is 65.4 Å². The van der Waals surface area contributed by atoms with Crippen LogP contribution in [0.3, 0.4) is 0 Å². The molecule has 1 atom stereocenters. The summed E-state index contributed by atoms with van der Waals surface area (Å²) < 4.78 is 6.78. The molecule has 2 aromatic carbocycles. The zero-order chi connectivity index (χ0) is 27.4. The van der Waals surface area contributed by atoms with Crippen molar-refractivity contribution in [2.45, 2.75) is 33.4 Å². The van der Waals surface area contributed by atoms with Crippen molar-refractivity contribution >= 4 is 34.5 Å². The number of hydrazone groups is 1. The van der Waals surface area contributed by atoms with Gasteiger partial charge in [0.1, 0.15) is 12.7 Å². The number of para-hydroxylation sites is 1. The fraction of sp³-hybridized carbons (Fsp3) is 0.308. The van der Waals surface area contributed by atoms with Crippen molar-refractivity contribution in [1.29, 1.82) is 5.26 Å². The van der Waals surface area contributed by atoms with E-state index >= 15 is 0 Å². The maximum Gasteiger partial charge on any atom is 0.305 e. The number of nitriles is 1. The van der Waals surface area contributed by atoms with E-state index in [4.69, 9.17) is 15.7 Å². The molecule has 196 valence electrons. The van der Waals surface area contributed by atoms with E-state index in [9.17, 15) is 14.4 Å². The molecule has 0 fully saturated rings. The molecule has 0 unspecified atom stereocenters. The molecular formula is C26H28N8O4. The summed E-state index contributed by atoms with van der Waals surface area (Å²) in [6.07, 6.45) is 0. The van der Waals surface area contributed by atoms with Crippen LogP contribution in [0.15, 0.2) is 53.6 Å². The monoisotopic (exact) mass is 516 g/mol. The van der Waals surface area contributed by atoms with E-state index in [-0.39, 0.29) is 25.0 Å². The number of hydrogen-bond acceptors (Lipinski definition) is 8. The second-order valence-electron chi connectivity index (χ2n) is 9.85. The lowest BCUT2D eigenvalue weighted by atomic mass is 9.86. The van der Waals surface area contributed by atoms with Crippen molar-refractivity contribution in [1.82, 2.24) is 25.4 Å². The summed E-state index contributed by atoms with van der Waals surface area (Å²) in [4.78, 5) is 37.7. The highest BCUT2D eigenvalue weighted by Crippen LogP contribution is 2.23. The van der Waals surface area contributed by atoms with Gasteiger partial charge in [-0.1, -0.05) is 51.1 Å². The van der Waals surface area contributed by atoms with E-state index in [1.54, 1.807) is 22.9 Å². The van der Waals surface area contributed by atoms with Crippen molar-refractivity contribution in [3.63, 3.8) is 0 Å². The Kier molecular flexibility index (Phi) is 7.29. The van der Waals surface area contributed by atoms with Crippen molar-refractivity contribution in [3.8, 4) is 6.07 Å². The summed E-state index contributed by atoms with van der Waals surface area (Å²) >= 11 is 0. The second-order valence-corrected chi connectivity index (χ2v) is 9.85. The highest BCUT2D eigenvalue weighted by atomic mass is 16.5. The standard InChI is InChI=1S/C26H28N8O4/c1-26(2,3)21(24(37)29-14-33-15-38-25(32-33)22(28)35)30-23(36)20-18-6-4-5-7-19(18)34(31-20)13-17-10-8-16(12-27)9-11-17/h4-11,21H,13-15H2,1-3H3,(H2,28,35)(H,29,37)(H,30,36)/t21-/m1/s1. The molecule has 0 radical (unpaired) electrons. The summed E-state index contributed by atoms with van der Waals surface area (Å²) in [6.45, 7) is 5.83. The number of amides is 3. The number of rotatable bonds is 8. The lowest BCUT2D eigenvalue weighted by Crippen LogP contribution is -2.54. The predicted octanol–water partition coefficient (Wildman–Crippen LogP) is 1.26. The van der Waals surface area contributed by atoms with Gasteiger partial charge < -0.3 is 21.1 Å². The number of benzene rings is 2. The fourth-order valence-corrected chi connectivity index (χ4v) is 3.94. The molecule has 0 saturated carbocycles. The topological polar surface area (TPSA) is 168 Å². The molecule has 3 amide bonds. The molecule has 12 heteroatoms. The molecule has 1 aliphatic rings. The third kappa shape index (κ3) is 5.73. The molecule has 38 heavy (non-hydrogen) atoms. The quantitative estimate of drug-likeness (QED) is 0.405. The first-order valence-corrected chi connectivity index (χ1v) is 11.9. The molecule has 4 rings (SSSR count). The fourth-order valence-electron chi connectivity index (χ4n) is 3.94. The van der Waals surface area contributed by atoms with Gasteiger partial charge >= 0.3 is 5.91 Å². The van der Waals surface area contributed by atoms with Crippen molar-refractivity contribution in [2.75, 3.05) is 13.4 Å². The summed E-state index contributed by atoms with van der Waals surface area (Å²) in [5.41, 5.74) is 6.95. The van der Waals surface area contributed by atoms with Gasteiger partial charge in [0.2, 0.25) is 5.91 Å². The zero-order valence-electron chi connectivity index (χ0n) is 21.3. The maximum atomic E-state index is 13.4. The minimum atomic E-state index is -0.902.